The van der Waals surface area contributed by atoms with Crippen molar-refractivity contribution in [1.82, 2.24) is 4.90 Å². The molecule has 0 bridgehead atoms. The summed E-state index contributed by atoms with van der Waals surface area (Å²) in [6.07, 6.45) is 35.9. The van der Waals surface area contributed by atoms with E-state index in [0.717, 1.165) is 96.3 Å². The zero-order valence-electron chi connectivity index (χ0n) is 31.4. The number of rotatable bonds is 34. The van der Waals surface area contributed by atoms with Crippen molar-refractivity contribution >= 4 is 19.8 Å². The number of phosphoric ester groups is 1. The first-order valence-corrected chi connectivity index (χ1v) is 20.4. The van der Waals surface area contributed by atoms with Crippen LogP contribution in [0, 0.1) is 0 Å². The summed E-state index contributed by atoms with van der Waals surface area (Å²) in [4.78, 5) is 36.8. The minimum atomic E-state index is -4.36. The van der Waals surface area contributed by atoms with Crippen molar-refractivity contribution in [2.45, 2.75) is 148 Å². The highest BCUT2D eigenvalue weighted by Crippen LogP contribution is 2.43. The second-order valence-electron chi connectivity index (χ2n) is 12.7. The molecule has 0 aromatic carbocycles. The topological polar surface area (TPSA) is 112 Å². The van der Waals surface area contributed by atoms with Gasteiger partial charge in [-0.2, -0.15) is 0 Å². The largest absolute Gasteiger partial charge is 0.472 e. The van der Waals surface area contributed by atoms with Gasteiger partial charge in [-0.3, -0.25) is 18.6 Å². The molecule has 9 nitrogen and oxygen atoms in total. The van der Waals surface area contributed by atoms with E-state index in [1.165, 1.54) is 12.8 Å². The standard InChI is InChI=1S/C39H70NO8P/c1-5-7-9-11-13-15-17-18-19-20-22-24-26-28-30-32-39(42)48-37(36-47-49(43,44)46-34-33-40(3)4)35-45-38(41)31-29-27-25-23-21-16-14-12-10-8-6-2/h7,9,12-15,18-19,37H,5-6,8,10-11,16-17,20-36H2,1-4H3,(H,43,44)/b9-7-,14-12-,15-13-,19-18-. The fourth-order valence-electron chi connectivity index (χ4n) is 4.68. The van der Waals surface area contributed by atoms with E-state index < -0.39 is 26.5 Å². The molecule has 0 saturated heterocycles. The molecule has 0 amide bonds. The van der Waals surface area contributed by atoms with E-state index in [9.17, 15) is 19.0 Å². The average Bonchev–Trinajstić information content (AvgIpc) is 3.06. The van der Waals surface area contributed by atoms with Gasteiger partial charge in [0.25, 0.3) is 0 Å². The Hall–Kier alpha value is -2.03. The molecule has 2 atom stereocenters. The quantitative estimate of drug-likeness (QED) is 0.0302. The van der Waals surface area contributed by atoms with E-state index in [4.69, 9.17) is 18.5 Å². The predicted molar refractivity (Wildman–Crippen MR) is 201 cm³/mol. The number of likely N-dealkylation sites (N-methyl/N-ethyl adjacent to an activating group) is 1. The van der Waals surface area contributed by atoms with Crippen LogP contribution in [0.25, 0.3) is 0 Å². The van der Waals surface area contributed by atoms with Crippen LogP contribution in [-0.4, -0.2) is 68.3 Å². The third kappa shape index (κ3) is 35.6. The highest BCUT2D eigenvalue weighted by molar-refractivity contribution is 7.47. The summed E-state index contributed by atoms with van der Waals surface area (Å²) >= 11 is 0. The van der Waals surface area contributed by atoms with E-state index >= 15 is 0 Å². The van der Waals surface area contributed by atoms with Crippen LogP contribution in [0.15, 0.2) is 48.6 Å². The Bertz CT molecular complexity index is 963. The van der Waals surface area contributed by atoms with Crippen LogP contribution in [0.3, 0.4) is 0 Å². The van der Waals surface area contributed by atoms with Crippen LogP contribution in [0.2, 0.25) is 0 Å². The van der Waals surface area contributed by atoms with Gasteiger partial charge in [0.15, 0.2) is 6.10 Å². The van der Waals surface area contributed by atoms with Crippen molar-refractivity contribution in [1.29, 1.82) is 0 Å². The van der Waals surface area contributed by atoms with E-state index in [1.807, 2.05) is 19.0 Å². The number of nitrogens with zero attached hydrogens (tertiary/aromatic N) is 1. The van der Waals surface area contributed by atoms with Gasteiger partial charge < -0.3 is 19.3 Å². The molecule has 49 heavy (non-hydrogen) atoms. The zero-order chi connectivity index (χ0) is 36.3. The van der Waals surface area contributed by atoms with Crippen LogP contribution in [0.5, 0.6) is 0 Å². The number of ether oxygens (including phenoxy) is 2. The molecule has 0 heterocycles. The van der Waals surface area contributed by atoms with Gasteiger partial charge in [-0.1, -0.05) is 114 Å². The van der Waals surface area contributed by atoms with E-state index in [0.29, 0.717) is 13.0 Å². The molecule has 0 aromatic rings. The molecule has 0 saturated carbocycles. The van der Waals surface area contributed by atoms with Crippen LogP contribution >= 0.6 is 7.82 Å². The van der Waals surface area contributed by atoms with Crippen LogP contribution in [0.4, 0.5) is 0 Å². The first-order chi connectivity index (χ1) is 23.7. The lowest BCUT2D eigenvalue weighted by Gasteiger charge is -2.20. The van der Waals surface area contributed by atoms with Crippen molar-refractivity contribution < 1.29 is 37.6 Å². The summed E-state index contributed by atoms with van der Waals surface area (Å²) in [5.41, 5.74) is 0. The first kappa shape index (κ1) is 47.0. The lowest BCUT2D eigenvalue weighted by atomic mass is 10.1. The molecule has 0 aliphatic rings. The van der Waals surface area contributed by atoms with Gasteiger partial charge in [-0.15, -0.1) is 0 Å². The van der Waals surface area contributed by atoms with Crippen molar-refractivity contribution in [3.8, 4) is 0 Å². The van der Waals surface area contributed by atoms with Crippen LogP contribution in [-0.2, 0) is 32.7 Å². The lowest BCUT2D eigenvalue weighted by molar-refractivity contribution is -0.161. The second-order valence-corrected chi connectivity index (χ2v) is 14.2. The molecular weight excluding hydrogens is 641 g/mol. The minimum absolute atomic E-state index is 0.000702. The normalized spacial score (nSPS) is 14.1. The van der Waals surface area contributed by atoms with Crippen LogP contribution in [0.1, 0.15) is 142 Å². The molecule has 0 aromatic heterocycles. The van der Waals surface area contributed by atoms with Crippen LogP contribution < -0.4 is 0 Å². The molecule has 2 unspecified atom stereocenters. The summed E-state index contributed by atoms with van der Waals surface area (Å²) in [5, 5.41) is 0. The molecular formula is C39H70NO8P. The molecule has 0 aliphatic heterocycles. The Balaban J connectivity index is 4.42. The Labute approximate surface area is 299 Å². The molecule has 0 aliphatic carbocycles. The number of phosphoric acid groups is 1. The van der Waals surface area contributed by atoms with Crippen molar-refractivity contribution in [3.05, 3.63) is 48.6 Å². The summed E-state index contributed by atoms with van der Waals surface area (Å²) in [6, 6.07) is 0. The molecule has 284 valence electrons. The van der Waals surface area contributed by atoms with E-state index in [-0.39, 0.29) is 32.0 Å². The fraction of sp³-hybridized carbons (Fsp3) is 0.744. The Kier molecular flexibility index (Phi) is 33.0. The Morgan fingerprint density at radius 2 is 1.16 bits per heavy atom. The third-order valence-electron chi connectivity index (χ3n) is 7.62. The van der Waals surface area contributed by atoms with Gasteiger partial charge in [0.2, 0.25) is 0 Å². The van der Waals surface area contributed by atoms with Gasteiger partial charge in [0, 0.05) is 19.4 Å². The number of hydrogen-bond acceptors (Lipinski definition) is 8. The number of carbonyl (C=O) groups is 2. The summed E-state index contributed by atoms with van der Waals surface area (Å²) in [7, 11) is -0.728. The molecule has 0 fully saturated rings. The average molecular weight is 712 g/mol. The fourth-order valence-corrected chi connectivity index (χ4v) is 5.42. The Morgan fingerprint density at radius 1 is 0.653 bits per heavy atom. The molecule has 0 spiro atoms. The smallest absolute Gasteiger partial charge is 0.462 e. The highest BCUT2D eigenvalue weighted by atomic mass is 31.2. The van der Waals surface area contributed by atoms with Gasteiger partial charge in [0.05, 0.1) is 13.2 Å². The zero-order valence-corrected chi connectivity index (χ0v) is 32.3. The van der Waals surface area contributed by atoms with Gasteiger partial charge in [-0.25, -0.2) is 4.57 Å². The molecule has 0 radical (unpaired) electrons. The lowest BCUT2D eigenvalue weighted by Crippen LogP contribution is -2.29. The molecule has 0 rings (SSSR count). The number of hydrogen-bond donors (Lipinski definition) is 1. The number of carbonyl (C=O) groups excluding carboxylic acids is 2. The van der Waals surface area contributed by atoms with E-state index in [1.54, 1.807) is 0 Å². The molecule has 1 N–H and O–H groups in total. The number of allylic oxidation sites excluding steroid dienone is 8. The van der Waals surface area contributed by atoms with Crippen molar-refractivity contribution in [2.24, 2.45) is 0 Å². The van der Waals surface area contributed by atoms with E-state index in [2.05, 4.69) is 62.5 Å². The first-order valence-electron chi connectivity index (χ1n) is 18.9. The van der Waals surface area contributed by atoms with Gasteiger partial charge in [-0.05, 0) is 78.3 Å². The van der Waals surface area contributed by atoms with Crippen molar-refractivity contribution in [2.75, 3.05) is 40.5 Å². The third-order valence-corrected chi connectivity index (χ3v) is 8.60. The predicted octanol–water partition coefficient (Wildman–Crippen LogP) is 10.2. The summed E-state index contributed by atoms with van der Waals surface area (Å²) < 4.78 is 33.3. The maximum Gasteiger partial charge on any atom is 0.472 e. The van der Waals surface area contributed by atoms with Gasteiger partial charge >= 0.3 is 19.8 Å². The summed E-state index contributed by atoms with van der Waals surface area (Å²) in [6.45, 7) is 4.11. The summed E-state index contributed by atoms with van der Waals surface area (Å²) in [5.74, 6) is -0.840. The monoisotopic (exact) mass is 711 g/mol. The maximum atomic E-state index is 12.6. The van der Waals surface area contributed by atoms with Gasteiger partial charge in [0.1, 0.15) is 6.61 Å². The highest BCUT2D eigenvalue weighted by Gasteiger charge is 2.26. The number of unbranched alkanes of at least 4 members (excludes halogenated alkanes) is 12. The minimum Gasteiger partial charge on any atom is -0.462 e. The number of esters is 2. The SMILES string of the molecule is CC/C=C\C/C=C\C/C=C\CCCCCCCC(=O)OC(COC(=O)CCCCCCC/C=C\CCCC)COP(=O)(O)OCCN(C)C. The Morgan fingerprint density at radius 3 is 1.76 bits per heavy atom. The second kappa shape index (κ2) is 34.4. The maximum absolute atomic E-state index is 12.6. The van der Waals surface area contributed by atoms with Crippen molar-refractivity contribution in [3.63, 3.8) is 0 Å². The molecule has 10 heteroatoms.